The van der Waals surface area contributed by atoms with Crippen LogP contribution in [0, 0.1) is 5.92 Å². The maximum absolute atomic E-state index is 9.52. The van der Waals surface area contributed by atoms with Gasteiger partial charge in [-0.3, -0.25) is 0 Å². The molecule has 0 heterocycles. The van der Waals surface area contributed by atoms with Crippen LogP contribution < -0.4 is 0 Å². The van der Waals surface area contributed by atoms with Crippen LogP contribution in [-0.4, -0.2) is 22.4 Å². The zero-order valence-electron chi connectivity index (χ0n) is 12.0. The van der Waals surface area contributed by atoms with Gasteiger partial charge in [0, 0.05) is 5.92 Å². The number of hydrogen-bond donors (Lipinski definition) is 2. The summed E-state index contributed by atoms with van der Waals surface area (Å²) in [7, 11) is 0. The molecule has 2 N–H and O–H groups in total. The Hall–Kier alpha value is -0.0800. The molecule has 2 heteroatoms. The molecule has 0 radical (unpaired) electrons. The fourth-order valence-corrected chi connectivity index (χ4v) is 2.40. The lowest BCUT2D eigenvalue weighted by Crippen LogP contribution is -2.27. The maximum Gasteiger partial charge on any atom is 0.0564 e. The summed E-state index contributed by atoms with van der Waals surface area (Å²) < 4.78 is 0. The summed E-state index contributed by atoms with van der Waals surface area (Å²) >= 11 is 0. The van der Waals surface area contributed by atoms with Crippen molar-refractivity contribution in [2.45, 2.75) is 90.8 Å². The van der Waals surface area contributed by atoms with E-state index in [1.54, 1.807) is 13.8 Å². The monoisotopic (exact) mass is 244 g/mol. The maximum atomic E-state index is 9.52. The molecule has 2 atom stereocenters. The van der Waals surface area contributed by atoms with E-state index in [0.29, 0.717) is 0 Å². The molecule has 0 saturated heterocycles. The minimum Gasteiger partial charge on any atom is -0.393 e. The fourth-order valence-electron chi connectivity index (χ4n) is 2.40. The van der Waals surface area contributed by atoms with Gasteiger partial charge in [0.05, 0.1) is 12.2 Å². The zero-order valence-corrected chi connectivity index (χ0v) is 12.0. The Labute approximate surface area is 107 Å². The van der Waals surface area contributed by atoms with Gasteiger partial charge >= 0.3 is 0 Å². The van der Waals surface area contributed by atoms with Gasteiger partial charge in [-0.2, -0.15) is 0 Å². The van der Waals surface area contributed by atoms with E-state index in [2.05, 4.69) is 6.92 Å². The summed E-state index contributed by atoms with van der Waals surface area (Å²) in [6.45, 7) is 5.80. The molecule has 0 amide bonds. The molecule has 0 spiro atoms. The van der Waals surface area contributed by atoms with Crippen molar-refractivity contribution < 1.29 is 10.2 Å². The van der Waals surface area contributed by atoms with E-state index in [0.717, 1.165) is 12.8 Å². The second-order valence-electron chi connectivity index (χ2n) is 5.41. The molecule has 0 aliphatic rings. The average Bonchev–Trinajstić information content (AvgIpc) is 2.26. The Balaban J connectivity index is 3.37. The SMILES string of the molecule is CCCCCCCCCCC(C(C)O)C(C)O. The molecule has 0 rings (SSSR count). The number of rotatable bonds is 11. The molecule has 0 aromatic heterocycles. The van der Waals surface area contributed by atoms with Gasteiger partial charge in [-0.1, -0.05) is 58.3 Å². The first kappa shape index (κ1) is 16.9. The highest BCUT2D eigenvalue weighted by Crippen LogP contribution is 2.19. The number of unbranched alkanes of at least 4 members (excludes halogenated alkanes) is 7. The van der Waals surface area contributed by atoms with E-state index in [1.807, 2.05) is 0 Å². The molecule has 0 fully saturated rings. The van der Waals surface area contributed by atoms with Crippen molar-refractivity contribution in [1.29, 1.82) is 0 Å². The summed E-state index contributed by atoms with van der Waals surface area (Å²) in [5.41, 5.74) is 0. The second kappa shape index (κ2) is 11.0. The first-order valence-electron chi connectivity index (χ1n) is 7.45. The molecular formula is C15H32O2. The summed E-state index contributed by atoms with van der Waals surface area (Å²) in [6.07, 6.45) is 10.6. The molecule has 0 aliphatic heterocycles. The van der Waals surface area contributed by atoms with Crippen molar-refractivity contribution in [2.24, 2.45) is 5.92 Å². The van der Waals surface area contributed by atoms with Gasteiger partial charge in [-0.25, -0.2) is 0 Å². The third kappa shape index (κ3) is 9.61. The lowest BCUT2D eigenvalue weighted by molar-refractivity contribution is 0.0258. The van der Waals surface area contributed by atoms with Crippen LogP contribution in [0.5, 0.6) is 0 Å². The number of aliphatic hydroxyl groups is 2. The van der Waals surface area contributed by atoms with Crippen LogP contribution in [0.25, 0.3) is 0 Å². The van der Waals surface area contributed by atoms with Gasteiger partial charge in [0.25, 0.3) is 0 Å². The normalized spacial score (nSPS) is 16.8. The summed E-state index contributed by atoms with van der Waals surface area (Å²) in [6, 6.07) is 0. The van der Waals surface area contributed by atoms with Crippen LogP contribution in [0.4, 0.5) is 0 Å². The lowest BCUT2D eigenvalue weighted by Gasteiger charge is -2.22. The van der Waals surface area contributed by atoms with Crippen LogP contribution in [0.3, 0.4) is 0 Å². The zero-order chi connectivity index (χ0) is 13.1. The minimum absolute atomic E-state index is 0.0510. The van der Waals surface area contributed by atoms with E-state index in [9.17, 15) is 10.2 Å². The summed E-state index contributed by atoms with van der Waals surface area (Å²) in [5.74, 6) is 0.0510. The third-order valence-corrected chi connectivity index (χ3v) is 3.63. The lowest BCUT2D eigenvalue weighted by atomic mass is 9.91. The van der Waals surface area contributed by atoms with Gasteiger partial charge in [-0.15, -0.1) is 0 Å². The average molecular weight is 244 g/mol. The Bertz CT molecular complexity index is 147. The van der Waals surface area contributed by atoms with E-state index >= 15 is 0 Å². The standard InChI is InChI=1S/C15H32O2/c1-4-5-6-7-8-9-10-11-12-15(13(2)16)14(3)17/h13-17H,4-12H2,1-3H3. The molecule has 0 aromatic carbocycles. The first-order valence-corrected chi connectivity index (χ1v) is 7.45. The highest BCUT2D eigenvalue weighted by molar-refractivity contribution is 4.70. The van der Waals surface area contributed by atoms with Crippen molar-refractivity contribution >= 4 is 0 Å². The Kier molecular flexibility index (Phi) is 11.0. The molecular weight excluding hydrogens is 212 g/mol. The molecule has 104 valence electrons. The number of aliphatic hydroxyl groups excluding tert-OH is 2. The molecule has 0 aliphatic carbocycles. The van der Waals surface area contributed by atoms with Crippen molar-refractivity contribution in [3.05, 3.63) is 0 Å². The highest BCUT2D eigenvalue weighted by atomic mass is 16.3. The van der Waals surface area contributed by atoms with Crippen molar-refractivity contribution in [1.82, 2.24) is 0 Å². The van der Waals surface area contributed by atoms with Gasteiger partial charge in [-0.05, 0) is 20.3 Å². The second-order valence-corrected chi connectivity index (χ2v) is 5.41. The molecule has 0 aromatic rings. The Morgan fingerprint density at radius 1 is 0.706 bits per heavy atom. The number of hydrogen-bond acceptors (Lipinski definition) is 2. The third-order valence-electron chi connectivity index (χ3n) is 3.63. The highest BCUT2D eigenvalue weighted by Gasteiger charge is 2.19. The smallest absolute Gasteiger partial charge is 0.0564 e. The predicted octanol–water partition coefficient (Wildman–Crippen LogP) is 3.90. The van der Waals surface area contributed by atoms with E-state index in [1.165, 1.54) is 44.9 Å². The molecule has 0 saturated carbocycles. The van der Waals surface area contributed by atoms with E-state index < -0.39 is 0 Å². The van der Waals surface area contributed by atoms with Gasteiger partial charge in [0.2, 0.25) is 0 Å². The Morgan fingerprint density at radius 3 is 1.53 bits per heavy atom. The summed E-state index contributed by atoms with van der Waals surface area (Å²) in [5, 5.41) is 19.0. The topological polar surface area (TPSA) is 40.5 Å². The largest absolute Gasteiger partial charge is 0.393 e. The van der Waals surface area contributed by atoms with Crippen LogP contribution in [0.2, 0.25) is 0 Å². The fraction of sp³-hybridized carbons (Fsp3) is 1.00. The quantitative estimate of drug-likeness (QED) is 0.541. The molecule has 2 nitrogen and oxygen atoms in total. The van der Waals surface area contributed by atoms with Crippen LogP contribution >= 0.6 is 0 Å². The van der Waals surface area contributed by atoms with Crippen molar-refractivity contribution in [3.63, 3.8) is 0 Å². The first-order chi connectivity index (χ1) is 8.09. The van der Waals surface area contributed by atoms with Crippen LogP contribution in [-0.2, 0) is 0 Å². The minimum atomic E-state index is -0.389. The molecule has 2 unspecified atom stereocenters. The Morgan fingerprint density at radius 2 is 1.12 bits per heavy atom. The van der Waals surface area contributed by atoms with E-state index in [4.69, 9.17) is 0 Å². The molecule has 0 bridgehead atoms. The van der Waals surface area contributed by atoms with Crippen molar-refractivity contribution in [3.8, 4) is 0 Å². The summed E-state index contributed by atoms with van der Waals surface area (Å²) in [4.78, 5) is 0. The van der Waals surface area contributed by atoms with Gasteiger partial charge < -0.3 is 10.2 Å². The van der Waals surface area contributed by atoms with Gasteiger partial charge in [0.1, 0.15) is 0 Å². The van der Waals surface area contributed by atoms with E-state index in [-0.39, 0.29) is 18.1 Å². The van der Waals surface area contributed by atoms with Crippen molar-refractivity contribution in [2.75, 3.05) is 0 Å². The van der Waals surface area contributed by atoms with Gasteiger partial charge in [0.15, 0.2) is 0 Å². The van der Waals surface area contributed by atoms with Crippen LogP contribution in [0.1, 0.15) is 78.6 Å². The molecule has 17 heavy (non-hydrogen) atoms. The predicted molar refractivity (Wildman–Crippen MR) is 74.1 cm³/mol. The van der Waals surface area contributed by atoms with Crippen LogP contribution in [0.15, 0.2) is 0 Å².